The van der Waals surface area contributed by atoms with Gasteiger partial charge in [0, 0.05) is 0 Å². The summed E-state index contributed by atoms with van der Waals surface area (Å²) in [5, 5.41) is 7.95. The molecule has 0 aliphatic carbocycles. The van der Waals surface area contributed by atoms with Crippen molar-refractivity contribution in [3.63, 3.8) is 0 Å². The number of rotatable bonds is 3. The Bertz CT molecular complexity index is 1900. The van der Waals surface area contributed by atoms with Crippen LogP contribution in [0.3, 0.4) is 0 Å². The maximum atomic E-state index is 2.42. The van der Waals surface area contributed by atoms with Crippen molar-refractivity contribution in [2.24, 2.45) is 0 Å². The van der Waals surface area contributed by atoms with Crippen LogP contribution in [-0.2, 0) is 5.41 Å². The topological polar surface area (TPSA) is 0 Å². The molecule has 182 valence electrons. The van der Waals surface area contributed by atoms with E-state index in [0.29, 0.717) is 0 Å². The summed E-state index contributed by atoms with van der Waals surface area (Å²) in [6.45, 7) is 6.86. The van der Waals surface area contributed by atoms with Gasteiger partial charge in [0.25, 0.3) is 0 Å². The molecule has 0 aliphatic heterocycles. The van der Waals surface area contributed by atoms with Crippen LogP contribution in [0.5, 0.6) is 0 Å². The molecule has 0 atom stereocenters. The van der Waals surface area contributed by atoms with Gasteiger partial charge in [-0.25, -0.2) is 0 Å². The number of benzene rings is 7. The van der Waals surface area contributed by atoms with Crippen molar-refractivity contribution in [2.45, 2.75) is 26.2 Å². The molecule has 0 heteroatoms. The molecule has 0 N–H and O–H groups in total. The Morgan fingerprint density at radius 1 is 0.395 bits per heavy atom. The fraction of sp³-hybridized carbons (Fsp3) is 0.105. The SMILES string of the molecule is CC(C)(C)c1cccc(-c2cc(-c3ccc(-c4ccccc4)cc3)c3ccc4cccc5ccc2c3c45)c1. The Balaban J connectivity index is 1.53. The molecule has 0 bridgehead atoms. The first-order valence-electron chi connectivity index (χ1n) is 13.4. The number of hydrogen-bond acceptors (Lipinski definition) is 0. The highest BCUT2D eigenvalue weighted by Crippen LogP contribution is 2.44. The van der Waals surface area contributed by atoms with Gasteiger partial charge in [0.05, 0.1) is 0 Å². The van der Waals surface area contributed by atoms with Gasteiger partial charge in [0.1, 0.15) is 0 Å². The fourth-order valence-corrected chi connectivity index (χ4v) is 5.94. The van der Waals surface area contributed by atoms with Crippen molar-refractivity contribution < 1.29 is 0 Å². The molecule has 0 amide bonds. The summed E-state index contributed by atoms with van der Waals surface area (Å²) in [5.74, 6) is 0. The zero-order valence-corrected chi connectivity index (χ0v) is 22.1. The highest BCUT2D eigenvalue weighted by atomic mass is 14.2. The molecule has 7 aromatic carbocycles. The van der Waals surface area contributed by atoms with Crippen molar-refractivity contribution in [2.75, 3.05) is 0 Å². The lowest BCUT2D eigenvalue weighted by atomic mass is 9.82. The van der Waals surface area contributed by atoms with Crippen LogP contribution < -0.4 is 0 Å². The van der Waals surface area contributed by atoms with Gasteiger partial charge in [0.2, 0.25) is 0 Å². The van der Waals surface area contributed by atoms with Crippen molar-refractivity contribution >= 4 is 32.3 Å². The summed E-state index contributed by atoms with van der Waals surface area (Å²) < 4.78 is 0. The van der Waals surface area contributed by atoms with Gasteiger partial charge < -0.3 is 0 Å². The third kappa shape index (κ3) is 3.68. The average Bonchev–Trinajstić information content (AvgIpc) is 2.96. The second-order valence-electron chi connectivity index (χ2n) is 11.4. The van der Waals surface area contributed by atoms with E-state index in [9.17, 15) is 0 Å². The molecule has 0 radical (unpaired) electrons. The molecule has 0 nitrogen and oxygen atoms in total. The minimum atomic E-state index is 0.0931. The first kappa shape index (κ1) is 22.8. The molecule has 7 rings (SSSR count). The molecule has 0 spiro atoms. The van der Waals surface area contributed by atoms with Crippen LogP contribution in [0.4, 0.5) is 0 Å². The summed E-state index contributed by atoms with van der Waals surface area (Å²) in [4.78, 5) is 0. The summed E-state index contributed by atoms with van der Waals surface area (Å²) in [7, 11) is 0. The molecule has 0 unspecified atom stereocenters. The summed E-state index contributed by atoms with van der Waals surface area (Å²) in [5.41, 5.74) is 9.04. The van der Waals surface area contributed by atoms with E-state index >= 15 is 0 Å². The van der Waals surface area contributed by atoms with E-state index in [-0.39, 0.29) is 5.41 Å². The van der Waals surface area contributed by atoms with Crippen LogP contribution >= 0.6 is 0 Å². The van der Waals surface area contributed by atoms with Crippen LogP contribution in [0.1, 0.15) is 26.3 Å². The zero-order valence-electron chi connectivity index (χ0n) is 22.1. The van der Waals surface area contributed by atoms with E-state index in [1.807, 2.05) is 0 Å². The first-order valence-corrected chi connectivity index (χ1v) is 13.4. The van der Waals surface area contributed by atoms with Crippen LogP contribution in [0, 0.1) is 0 Å². The fourth-order valence-electron chi connectivity index (χ4n) is 5.94. The summed E-state index contributed by atoms with van der Waals surface area (Å²) in [6, 6.07) is 47.1. The summed E-state index contributed by atoms with van der Waals surface area (Å²) >= 11 is 0. The molecular formula is C38H30. The highest BCUT2D eigenvalue weighted by molar-refractivity contribution is 6.28. The lowest BCUT2D eigenvalue weighted by molar-refractivity contribution is 0.590. The Morgan fingerprint density at radius 2 is 0.947 bits per heavy atom. The molecule has 0 heterocycles. The predicted octanol–water partition coefficient (Wildman–Crippen LogP) is 10.9. The van der Waals surface area contributed by atoms with Crippen molar-refractivity contribution in [3.05, 3.63) is 133 Å². The van der Waals surface area contributed by atoms with E-state index in [1.54, 1.807) is 0 Å². The lowest BCUT2D eigenvalue weighted by Gasteiger charge is -2.21. The Hall–Kier alpha value is -4.42. The minimum absolute atomic E-state index is 0.0931. The van der Waals surface area contributed by atoms with E-state index < -0.39 is 0 Å². The van der Waals surface area contributed by atoms with E-state index in [2.05, 4.69) is 148 Å². The maximum absolute atomic E-state index is 2.42. The van der Waals surface area contributed by atoms with Gasteiger partial charge in [0.15, 0.2) is 0 Å². The van der Waals surface area contributed by atoms with Crippen LogP contribution in [-0.4, -0.2) is 0 Å². The molecular weight excluding hydrogens is 456 g/mol. The van der Waals surface area contributed by atoms with Crippen molar-refractivity contribution in [1.29, 1.82) is 0 Å². The molecule has 0 aliphatic rings. The van der Waals surface area contributed by atoms with E-state index in [0.717, 1.165) is 0 Å². The van der Waals surface area contributed by atoms with Crippen molar-refractivity contribution in [3.8, 4) is 33.4 Å². The molecule has 0 aromatic heterocycles. The predicted molar refractivity (Wildman–Crippen MR) is 165 cm³/mol. The van der Waals surface area contributed by atoms with Crippen molar-refractivity contribution in [1.82, 2.24) is 0 Å². The summed E-state index contributed by atoms with van der Waals surface area (Å²) in [6.07, 6.45) is 0. The minimum Gasteiger partial charge on any atom is -0.0622 e. The molecule has 0 saturated heterocycles. The van der Waals surface area contributed by atoms with Gasteiger partial charge >= 0.3 is 0 Å². The van der Waals surface area contributed by atoms with Gasteiger partial charge in [-0.15, -0.1) is 0 Å². The Labute approximate surface area is 224 Å². The average molecular weight is 487 g/mol. The van der Waals surface area contributed by atoms with Crippen LogP contribution in [0.15, 0.2) is 127 Å². The van der Waals surface area contributed by atoms with Crippen LogP contribution in [0.25, 0.3) is 65.7 Å². The quantitative estimate of drug-likeness (QED) is 0.218. The third-order valence-corrected chi connectivity index (χ3v) is 7.99. The second-order valence-corrected chi connectivity index (χ2v) is 11.4. The van der Waals surface area contributed by atoms with Gasteiger partial charge in [-0.3, -0.25) is 0 Å². The highest BCUT2D eigenvalue weighted by Gasteiger charge is 2.19. The van der Waals surface area contributed by atoms with Gasteiger partial charge in [-0.2, -0.15) is 0 Å². The molecule has 7 aromatic rings. The van der Waals surface area contributed by atoms with Crippen LogP contribution in [0.2, 0.25) is 0 Å². The third-order valence-electron chi connectivity index (χ3n) is 7.99. The van der Waals surface area contributed by atoms with E-state index in [4.69, 9.17) is 0 Å². The van der Waals surface area contributed by atoms with Gasteiger partial charge in [-0.05, 0) is 82.7 Å². The molecule has 0 fully saturated rings. The number of hydrogen-bond donors (Lipinski definition) is 0. The Morgan fingerprint density at radius 3 is 1.61 bits per heavy atom. The lowest BCUT2D eigenvalue weighted by Crippen LogP contribution is -2.10. The maximum Gasteiger partial charge on any atom is -0.00143 e. The first-order chi connectivity index (χ1) is 18.5. The molecule has 38 heavy (non-hydrogen) atoms. The second kappa shape index (κ2) is 8.57. The largest absolute Gasteiger partial charge is 0.0622 e. The smallest absolute Gasteiger partial charge is 0.00143 e. The standard InChI is InChI=1S/C38H30/c1-38(2,3)31-14-8-13-30(23-31)35-24-34(27-17-15-26(16-18-27)25-9-5-4-6-10-25)32-21-19-28-11-7-12-29-20-22-33(35)37(32)36(28)29/h4-24H,1-3H3. The Kier molecular flexibility index (Phi) is 5.13. The molecule has 0 saturated carbocycles. The van der Waals surface area contributed by atoms with Gasteiger partial charge in [-0.1, -0.05) is 142 Å². The zero-order chi connectivity index (χ0) is 25.9. The van der Waals surface area contributed by atoms with E-state index in [1.165, 1.54) is 71.3 Å². The normalized spacial score (nSPS) is 12.1. The monoisotopic (exact) mass is 486 g/mol.